The average Bonchev–Trinajstić information content (AvgIpc) is 2.21. The zero-order valence-corrected chi connectivity index (χ0v) is 11.1. The Morgan fingerprint density at radius 3 is 2.60 bits per heavy atom. The van der Waals surface area contributed by atoms with Crippen LogP contribution in [0.4, 0.5) is 0 Å². The van der Waals surface area contributed by atoms with Crippen LogP contribution in [0.15, 0.2) is 45.8 Å². The third-order valence-corrected chi connectivity index (χ3v) is 3.66. The fourth-order valence-electron chi connectivity index (χ4n) is 1.04. The van der Waals surface area contributed by atoms with E-state index in [2.05, 4.69) is 40.1 Å². The second-order valence-electron chi connectivity index (χ2n) is 3.33. The number of nitrogens with one attached hydrogen (secondary N) is 1. The van der Waals surface area contributed by atoms with E-state index in [4.69, 9.17) is 5.84 Å². The Hall–Kier alpha value is -0.290. The number of hydrazine groups is 1. The fourth-order valence-corrected chi connectivity index (χ4v) is 2.38. The van der Waals surface area contributed by atoms with Gasteiger partial charge in [0.15, 0.2) is 0 Å². The summed E-state index contributed by atoms with van der Waals surface area (Å²) in [7, 11) is 0. The number of nitrogens with two attached hydrogens (primary N) is 1. The van der Waals surface area contributed by atoms with Crippen molar-refractivity contribution < 1.29 is 0 Å². The molecule has 82 valence electrons. The van der Waals surface area contributed by atoms with Crippen LogP contribution in [0, 0.1) is 0 Å². The second kappa shape index (κ2) is 6.33. The normalized spacial score (nSPS) is 12.5. The van der Waals surface area contributed by atoms with Gasteiger partial charge in [-0.25, -0.2) is 0 Å². The van der Waals surface area contributed by atoms with Crippen LogP contribution < -0.4 is 11.3 Å². The molecule has 1 rings (SSSR count). The standard InChI is InChI=1S/C11H15BrN2S/c1-8(2)11(14-13)7-15-10-5-3-9(12)4-6-10/h3-6,11,14H,1,7,13H2,2H3. The summed E-state index contributed by atoms with van der Waals surface area (Å²) in [6, 6.07) is 8.40. The Balaban J connectivity index is 2.49. The summed E-state index contributed by atoms with van der Waals surface area (Å²) < 4.78 is 1.10. The second-order valence-corrected chi connectivity index (χ2v) is 5.34. The Bertz CT molecular complexity index is 324. The molecule has 0 saturated heterocycles. The number of thioether (sulfide) groups is 1. The van der Waals surface area contributed by atoms with E-state index in [0.29, 0.717) is 0 Å². The quantitative estimate of drug-likeness (QED) is 0.378. The molecule has 0 aliphatic heterocycles. The van der Waals surface area contributed by atoms with Gasteiger partial charge in [0.05, 0.1) is 6.04 Å². The van der Waals surface area contributed by atoms with Crippen LogP contribution in [0.2, 0.25) is 0 Å². The maximum Gasteiger partial charge on any atom is 0.0508 e. The number of hydrogen-bond acceptors (Lipinski definition) is 3. The molecule has 0 bridgehead atoms. The third-order valence-electron chi connectivity index (χ3n) is 2.03. The Morgan fingerprint density at radius 2 is 2.13 bits per heavy atom. The summed E-state index contributed by atoms with van der Waals surface area (Å²) in [5.41, 5.74) is 3.81. The topological polar surface area (TPSA) is 38.0 Å². The van der Waals surface area contributed by atoms with Gasteiger partial charge in [-0.1, -0.05) is 28.1 Å². The van der Waals surface area contributed by atoms with Crippen molar-refractivity contribution in [3.8, 4) is 0 Å². The van der Waals surface area contributed by atoms with Crippen LogP contribution in [0.25, 0.3) is 0 Å². The molecule has 0 fully saturated rings. The number of halogens is 1. The molecule has 1 atom stereocenters. The van der Waals surface area contributed by atoms with E-state index in [-0.39, 0.29) is 6.04 Å². The first-order valence-corrected chi connectivity index (χ1v) is 6.41. The van der Waals surface area contributed by atoms with Crippen molar-refractivity contribution >= 4 is 27.7 Å². The summed E-state index contributed by atoms with van der Waals surface area (Å²) in [6.45, 7) is 5.87. The summed E-state index contributed by atoms with van der Waals surface area (Å²) in [6.07, 6.45) is 0. The molecule has 0 aliphatic rings. The minimum Gasteiger partial charge on any atom is -0.271 e. The molecule has 0 heterocycles. The van der Waals surface area contributed by atoms with Gasteiger partial charge in [-0.15, -0.1) is 11.8 Å². The minimum atomic E-state index is 0.165. The molecule has 0 aliphatic carbocycles. The van der Waals surface area contributed by atoms with Crippen LogP contribution in [0.3, 0.4) is 0 Å². The van der Waals surface area contributed by atoms with E-state index in [0.717, 1.165) is 15.8 Å². The van der Waals surface area contributed by atoms with Gasteiger partial charge >= 0.3 is 0 Å². The van der Waals surface area contributed by atoms with Crippen molar-refractivity contribution in [1.82, 2.24) is 5.43 Å². The monoisotopic (exact) mass is 286 g/mol. The largest absolute Gasteiger partial charge is 0.271 e. The molecule has 1 aromatic carbocycles. The Labute approximate surface area is 103 Å². The lowest BCUT2D eigenvalue weighted by molar-refractivity contribution is 0.649. The van der Waals surface area contributed by atoms with Crippen molar-refractivity contribution in [2.75, 3.05) is 5.75 Å². The van der Waals surface area contributed by atoms with Crippen LogP contribution in [0.5, 0.6) is 0 Å². The van der Waals surface area contributed by atoms with Crippen molar-refractivity contribution in [2.45, 2.75) is 17.9 Å². The molecule has 1 aromatic rings. The summed E-state index contributed by atoms with van der Waals surface area (Å²) in [5, 5.41) is 0. The molecule has 2 nitrogen and oxygen atoms in total. The zero-order chi connectivity index (χ0) is 11.3. The highest BCUT2D eigenvalue weighted by atomic mass is 79.9. The van der Waals surface area contributed by atoms with Gasteiger partial charge < -0.3 is 0 Å². The highest BCUT2D eigenvalue weighted by Gasteiger charge is 2.07. The van der Waals surface area contributed by atoms with Crippen LogP contribution in [-0.2, 0) is 0 Å². The van der Waals surface area contributed by atoms with E-state index in [1.54, 1.807) is 11.8 Å². The Morgan fingerprint density at radius 1 is 1.53 bits per heavy atom. The van der Waals surface area contributed by atoms with Crippen LogP contribution >= 0.6 is 27.7 Å². The van der Waals surface area contributed by atoms with Gasteiger partial charge in [-0.05, 0) is 31.2 Å². The first kappa shape index (κ1) is 12.8. The van der Waals surface area contributed by atoms with Crippen LogP contribution in [-0.4, -0.2) is 11.8 Å². The van der Waals surface area contributed by atoms with E-state index < -0.39 is 0 Å². The predicted molar refractivity (Wildman–Crippen MR) is 70.8 cm³/mol. The first-order valence-electron chi connectivity index (χ1n) is 4.63. The van der Waals surface area contributed by atoms with E-state index in [1.165, 1.54) is 4.90 Å². The lowest BCUT2D eigenvalue weighted by Gasteiger charge is -2.14. The number of hydrogen-bond donors (Lipinski definition) is 2. The molecule has 1 unspecified atom stereocenters. The van der Waals surface area contributed by atoms with Gasteiger partial charge in [0.25, 0.3) is 0 Å². The molecular weight excluding hydrogens is 272 g/mol. The molecule has 0 spiro atoms. The maximum absolute atomic E-state index is 5.43. The van der Waals surface area contributed by atoms with Gasteiger partial charge in [0.2, 0.25) is 0 Å². The third kappa shape index (κ3) is 4.38. The summed E-state index contributed by atoms with van der Waals surface area (Å²) >= 11 is 5.17. The van der Waals surface area contributed by atoms with E-state index >= 15 is 0 Å². The van der Waals surface area contributed by atoms with Gasteiger partial charge in [0, 0.05) is 15.1 Å². The highest BCUT2D eigenvalue weighted by Crippen LogP contribution is 2.22. The molecule has 0 amide bonds. The maximum atomic E-state index is 5.43. The lowest BCUT2D eigenvalue weighted by atomic mass is 10.2. The van der Waals surface area contributed by atoms with E-state index in [1.807, 2.05) is 19.1 Å². The van der Waals surface area contributed by atoms with E-state index in [9.17, 15) is 0 Å². The minimum absolute atomic E-state index is 0.165. The number of benzene rings is 1. The molecule has 4 heteroatoms. The molecular formula is C11H15BrN2S. The van der Waals surface area contributed by atoms with Crippen molar-refractivity contribution in [1.29, 1.82) is 0 Å². The van der Waals surface area contributed by atoms with Crippen molar-refractivity contribution in [2.24, 2.45) is 5.84 Å². The van der Waals surface area contributed by atoms with Crippen molar-refractivity contribution in [3.05, 3.63) is 40.9 Å². The highest BCUT2D eigenvalue weighted by molar-refractivity contribution is 9.10. The smallest absolute Gasteiger partial charge is 0.0508 e. The first-order chi connectivity index (χ1) is 7.13. The van der Waals surface area contributed by atoms with Gasteiger partial charge in [-0.3, -0.25) is 11.3 Å². The van der Waals surface area contributed by atoms with Gasteiger partial charge in [0.1, 0.15) is 0 Å². The SMILES string of the molecule is C=C(C)C(CSc1ccc(Br)cc1)NN. The summed E-state index contributed by atoms with van der Waals surface area (Å²) in [4.78, 5) is 1.24. The predicted octanol–water partition coefficient (Wildman–Crippen LogP) is 2.95. The molecule has 0 saturated carbocycles. The van der Waals surface area contributed by atoms with Gasteiger partial charge in [-0.2, -0.15) is 0 Å². The molecule has 0 aromatic heterocycles. The molecule has 3 N–H and O–H groups in total. The number of rotatable bonds is 5. The lowest BCUT2D eigenvalue weighted by Crippen LogP contribution is -2.37. The van der Waals surface area contributed by atoms with Crippen molar-refractivity contribution in [3.63, 3.8) is 0 Å². The summed E-state index contributed by atoms with van der Waals surface area (Å²) in [5.74, 6) is 6.33. The zero-order valence-electron chi connectivity index (χ0n) is 8.66. The van der Waals surface area contributed by atoms with Crippen LogP contribution in [0.1, 0.15) is 6.92 Å². The molecule has 15 heavy (non-hydrogen) atoms. The Kier molecular flexibility index (Phi) is 5.39. The molecule has 0 radical (unpaired) electrons. The average molecular weight is 287 g/mol. The fraction of sp³-hybridized carbons (Fsp3) is 0.273.